The van der Waals surface area contributed by atoms with Crippen molar-refractivity contribution < 1.29 is 4.42 Å². The van der Waals surface area contributed by atoms with Crippen molar-refractivity contribution in [2.45, 2.75) is 0 Å². The molecule has 0 amide bonds. The van der Waals surface area contributed by atoms with E-state index in [4.69, 9.17) is 4.42 Å². The van der Waals surface area contributed by atoms with E-state index in [1.807, 2.05) is 36.4 Å². The van der Waals surface area contributed by atoms with Crippen LogP contribution >= 0.6 is 0 Å². The summed E-state index contributed by atoms with van der Waals surface area (Å²) < 4.78 is 8.88. The molecule has 40 heavy (non-hydrogen) atoms. The molecule has 0 unspecified atom stereocenters. The van der Waals surface area contributed by atoms with Gasteiger partial charge in [0, 0.05) is 38.9 Å². The lowest BCUT2D eigenvalue weighted by atomic mass is 9.97. The summed E-state index contributed by atoms with van der Waals surface area (Å²) in [5.41, 5.74) is 9.34. The van der Waals surface area contributed by atoms with E-state index in [9.17, 15) is 5.26 Å². The van der Waals surface area contributed by atoms with Crippen molar-refractivity contribution in [2.75, 3.05) is 0 Å². The average Bonchev–Trinajstić information content (AvgIpc) is 3.57. The van der Waals surface area contributed by atoms with Gasteiger partial charge in [-0.05, 0) is 53.6 Å². The van der Waals surface area contributed by atoms with E-state index in [0.717, 1.165) is 66.3 Å². The van der Waals surface area contributed by atoms with Crippen molar-refractivity contribution in [3.05, 3.63) is 133 Å². The van der Waals surface area contributed by atoms with Crippen LogP contribution in [0, 0.1) is 11.3 Å². The van der Waals surface area contributed by atoms with Gasteiger partial charge in [0.1, 0.15) is 17.3 Å². The highest BCUT2D eigenvalue weighted by molar-refractivity contribution is 6.21. The van der Waals surface area contributed by atoms with Gasteiger partial charge in [0.15, 0.2) is 5.58 Å². The topological polar surface area (TPSA) is 54.8 Å². The zero-order chi connectivity index (χ0) is 26.6. The van der Waals surface area contributed by atoms with Crippen LogP contribution in [0.15, 0.2) is 132 Å². The summed E-state index contributed by atoms with van der Waals surface area (Å²) in [6.07, 6.45) is 1.66. The van der Waals surface area contributed by atoms with Gasteiger partial charge in [0.25, 0.3) is 0 Å². The first kappa shape index (κ1) is 22.3. The van der Waals surface area contributed by atoms with E-state index < -0.39 is 0 Å². The SMILES string of the molecule is N#Cc1ncccc1-c1cccc(-c2ccccc2-n2c3ccccc3c3ccc4c5ccccc5oc4c32)c1. The Bertz CT molecular complexity index is 2300. The second-order valence-corrected chi connectivity index (χ2v) is 9.90. The number of para-hydroxylation sites is 3. The fourth-order valence-corrected chi connectivity index (χ4v) is 5.98. The average molecular weight is 512 g/mol. The smallest absolute Gasteiger partial charge is 0.160 e. The summed E-state index contributed by atoms with van der Waals surface area (Å²) in [6.45, 7) is 0. The molecule has 4 heteroatoms. The highest BCUT2D eigenvalue weighted by atomic mass is 16.3. The molecule has 0 spiro atoms. The number of nitriles is 1. The highest BCUT2D eigenvalue weighted by Gasteiger charge is 2.20. The lowest BCUT2D eigenvalue weighted by molar-refractivity contribution is 0.671. The van der Waals surface area contributed by atoms with E-state index in [-0.39, 0.29) is 0 Å². The Morgan fingerprint density at radius 3 is 2.25 bits per heavy atom. The van der Waals surface area contributed by atoms with Gasteiger partial charge in [0.2, 0.25) is 0 Å². The molecule has 0 fully saturated rings. The maximum absolute atomic E-state index is 9.65. The van der Waals surface area contributed by atoms with Gasteiger partial charge in [-0.2, -0.15) is 5.26 Å². The molecule has 0 saturated heterocycles. The van der Waals surface area contributed by atoms with Crippen LogP contribution in [-0.2, 0) is 0 Å². The van der Waals surface area contributed by atoms with E-state index in [0.29, 0.717) is 5.69 Å². The Kier molecular flexibility index (Phi) is 4.85. The Balaban J connectivity index is 1.45. The van der Waals surface area contributed by atoms with Gasteiger partial charge in [-0.25, -0.2) is 4.98 Å². The van der Waals surface area contributed by atoms with E-state index in [1.54, 1.807) is 6.20 Å². The van der Waals surface area contributed by atoms with Gasteiger partial charge < -0.3 is 8.98 Å². The van der Waals surface area contributed by atoms with Crippen molar-refractivity contribution in [2.24, 2.45) is 0 Å². The molecule has 0 aliphatic carbocycles. The second kappa shape index (κ2) is 8.69. The predicted octanol–water partition coefficient (Wildman–Crippen LogP) is 9.28. The molecular formula is C36H21N3O. The van der Waals surface area contributed by atoms with Crippen LogP contribution in [0.2, 0.25) is 0 Å². The van der Waals surface area contributed by atoms with Gasteiger partial charge in [0.05, 0.1) is 16.7 Å². The van der Waals surface area contributed by atoms with Gasteiger partial charge >= 0.3 is 0 Å². The Morgan fingerprint density at radius 2 is 1.35 bits per heavy atom. The van der Waals surface area contributed by atoms with Crippen molar-refractivity contribution in [1.82, 2.24) is 9.55 Å². The van der Waals surface area contributed by atoms with Crippen LogP contribution in [0.5, 0.6) is 0 Å². The van der Waals surface area contributed by atoms with Crippen molar-refractivity contribution in [1.29, 1.82) is 5.26 Å². The van der Waals surface area contributed by atoms with E-state index in [1.165, 1.54) is 5.39 Å². The van der Waals surface area contributed by atoms with Crippen molar-refractivity contribution in [3.8, 4) is 34.0 Å². The van der Waals surface area contributed by atoms with E-state index >= 15 is 0 Å². The lowest BCUT2D eigenvalue weighted by Crippen LogP contribution is -1.97. The van der Waals surface area contributed by atoms with Gasteiger partial charge in [-0.3, -0.25) is 0 Å². The minimum atomic E-state index is 0.419. The first-order valence-electron chi connectivity index (χ1n) is 13.2. The fraction of sp³-hybridized carbons (Fsp3) is 0. The summed E-state index contributed by atoms with van der Waals surface area (Å²) >= 11 is 0. The summed E-state index contributed by atoms with van der Waals surface area (Å²) in [6, 6.07) is 44.0. The zero-order valence-electron chi connectivity index (χ0n) is 21.4. The number of hydrogen-bond donors (Lipinski definition) is 0. The molecule has 0 bridgehead atoms. The molecule has 8 rings (SSSR count). The molecule has 0 aliphatic heterocycles. The first-order valence-corrected chi connectivity index (χ1v) is 13.2. The summed E-state index contributed by atoms with van der Waals surface area (Å²) in [4.78, 5) is 4.27. The van der Waals surface area contributed by atoms with Crippen LogP contribution in [0.1, 0.15) is 5.69 Å². The third kappa shape index (κ3) is 3.22. The summed E-state index contributed by atoms with van der Waals surface area (Å²) in [7, 11) is 0. The quantitative estimate of drug-likeness (QED) is 0.237. The Labute approximate surface area is 230 Å². The number of fused-ring (bicyclic) bond motifs is 7. The summed E-state index contributed by atoms with van der Waals surface area (Å²) in [5, 5.41) is 14.2. The predicted molar refractivity (Wildman–Crippen MR) is 161 cm³/mol. The number of hydrogen-bond acceptors (Lipinski definition) is 3. The van der Waals surface area contributed by atoms with Crippen LogP contribution in [0.25, 0.3) is 71.7 Å². The normalized spacial score (nSPS) is 11.5. The molecule has 3 aromatic heterocycles. The monoisotopic (exact) mass is 511 g/mol. The molecule has 0 N–H and O–H groups in total. The van der Waals surface area contributed by atoms with Crippen molar-refractivity contribution >= 4 is 43.7 Å². The molecule has 4 nitrogen and oxygen atoms in total. The molecule has 186 valence electrons. The minimum Gasteiger partial charge on any atom is -0.454 e. The maximum atomic E-state index is 9.65. The van der Waals surface area contributed by atoms with E-state index in [2.05, 4.69) is 101 Å². The van der Waals surface area contributed by atoms with Crippen LogP contribution in [0.3, 0.4) is 0 Å². The number of rotatable bonds is 3. The fourth-order valence-electron chi connectivity index (χ4n) is 5.98. The van der Waals surface area contributed by atoms with Crippen LogP contribution in [-0.4, -0.2) is 9.55 Å². The summed E-state index contributed by atoms with van der Waals surface area (Å²) in [5.74, 6) is 0. The molecule has 0 saturated carbocycles. The largest absolute Gasteiger partial charge is 0.454 e. The Morgan fingerprint density at radius 1 is 0.625 bits per heavy atom. The lowest BCUT2D eigenvalue weighted by Gasteiger charge is -2.15. The minimum absolute atomic E-state index is 0.419. The number of furan rings is 1. The molecular weight excluding hydrogens is 490 g/mol. The second-order valence-electron chi connectivity index (χ2n) is 9.90. The van der Waals surface area contributed by atoms with Crippen molar-refractivity contribution in [3.63, 3.8) is 0 Å². The zero-order valence-corrected chi connectivity index (χ0v) is 21.4. The maximum Gasteiger partial charge on any atom is 0.160 e. The molecule has 5 aromatic carbocycles. The Hall–Kier alpha value is -5.66. The van der Waals surface area contributed by atoms with Gasteiger partial charge in [-0.1, -0.05) is 78.9 Å². The number of benzene rings is 5. The first-order chi connectivity index (χ1) is 19.8. The van der Waals surface area contributed by atoms with Crippen LogP contribution in [0.4, 0.5) is 0 Å². The molecule has 0 aliphatic rings. The third-order valence-corrected chi connectivity index (χ3v) is 7.72. The number of aromatic nitrogens is 2. The molecule has 8 aromatic rings. The highest BCUT2D eigenvalue weighted by Crippen LogP contribution is 2.42. The molecule has 0 atom stereocenters. The number of nitrogens with zero attached hydrogens (tertiary/aromatic N) is 3. The van der Waals surface area contributed by atoms with Gasteiger partial charge in [-0.15, -0.1) is 0 Å². The number of pyridine rings is 1. The third-order valence-electron chi connectivity index (χ3n) is 7.72. The molecule has 3 heterocycles. The standard InChI is InChI=1S/C36H21N3O/c37-22-31-25(14-8-20-38-31)23-9-7-10-24(21-23)26-11-1-4-15-32(26)39-33-16-5-2-12-27(33)29-18-19-30-28-13-3-6-17-34(28)40-36(30)35(29)39/h1-21H. The molecule has 0 radical (unpaired) electrons. The van der Waals surface area contributed by atoms with Crippen LogP contribution < -0.4 is 0 Å².